The molecule has 1 aliphatic heterocycles. The van der Waals surface area contributed by atoms with Crippen LogP contribution in [0.25, 0.3) is 11.0 Å². The van der Waals surface area contributed by atoms with Crippen molar-refractivity contribution in [1.29, 1.82) is 0 Å². The highest BCUT2D eigenvalue weighted by Crippen LogP contribution is 2.31. The number of benzene rings is 1. The third kappa shape index (κ3) is 6.04. The van der Waals surface area contributed by atoms with Gasteiger partial charge in [-0.3, -0.25) is 9.88 Å². The molecule has 206 valence electrons. The maximum Gasteiger partial charge on any atom is 0.302 e. The largest absolute Gasteiger partial charge is 0.367 e. The van der Waals surface area contributed by atoms with Gasteiger partial charge in [-0.15, -0.1) is 0 Å². The molecule has 13 heteroatoms. The molecule has 39 heavy (non-hydrogen) atoms. The van der Waals surface area contributed by atoms with Gasteiger partial charge in [0, 0.05) is 37.1 Å². The van der Waals surface area contributed by atoms with Crippen molar-refractivity contribution in [3.8, 4) is 0 Å². The summed E-state index contributed by atoms with van der Waals surface area (Å²) in [5.41, 5.74) is -0.0254. The number of hydrogen-bond acceptors (Lipinski definition) is 7. The average molecular weight is 563 g/mol. The zero-order valence-corrected chi connectivity index (χ0v) is 21.5. The van der Waals surface area contributed by atoms with Crippen LogP contribution in [-0.2, 0) is 21.7 Å². The van der Waals surface area contributed by atoms with Crippen molar-refractivity contribution in [2.75, 3.05) is 25.0 Å². The number of pyridine rings is 1. The highest BCUT2D eigenvalue weighted by atomic mass is 32.2. The molecular weight excluding hydrogens is 536 g/mol. The summed E-state index contributed by atoms with van der Waals surface area (Å²) in [5, 5.41) is 3.86. The van der Waals surface area contributed by atoms with Gasteiger partial charge >= 0.3 is 5.92 Å². The molecule has 0 radical (unpaired) electrons. The zero-order chi connectivity index (χ0) is 27.6. The van der Waals surface area contributed by atoms with Crippen molar-refractivity contribution in [3.05, 3.63) is 84.1 Å². The molecule has 5 rings (SSSR count). The number of likely N-dealkylation sites (tertiary alicyclic amines) is 1. The standard InChI is InChI=1S/C26H26F4N6O2S/c27-23(28)19-6-7-22(31-14-19)26(29,30)16-35-11-8-20(9-12-35)34-24-21-10-13-36(25(21)33-17-32-24)39(37,38)15-18-4-2-1-3-5-18/h1-7,10,13-14,17,20,23H,8-9,11-12,15-16H2,(H,32,33,34). The lowest BCUT2D eigenvalue weighted by atomic mass is 10.0. The average Bonchev–Trinajstić information content (AvgIpc) is 3.36. The molecule has 8 nitrogen and oxygen atoms in total. The minimum Gasteiger partial charge on any atom is -0.367 e. The first-order valence-electron chi connectivity index (χ1n) is 12.3. The highest BCUT2D eigenvalue weighted by Gasteiger charge is 2.37. The number of hydrogen-bond donors (Lipinski definition) is 1. The smallest absolute Gasteiger partial charge is 0.302 e. The molecule has 4 aromatic rings. The number of alkyl halides is 4. The molecule has 1 aromatic carbocycles. The number of anilines is 1. The Morgan fingerprint density at radius 2 is 1.74 bits per heavy atom. The van der Waals surface area contributed by atoms with Crippen LogP contribution in [0.3, 0.4) is 0 Å². The van der Waals surface area contributed by atoms with E-state index in [1.807, 2.05) is 6.07 Å². The maximum absolute atomic E-state index is 14.8. The zero-order valence-electron chi connectivity index (χ0n) is 20.7. The van der Waals surface area contributed by atoms with Gasteiger partial charge in [-0.25, -0.2) is 31.1 Å². The molecule has 0 spiro atoms. The number of piperidine rings is 1. The normalized spacial score (nSPS) is 15.7. The van der Waals surface area contributed by atoms with Gasteiger partial charge < -0.3 is 5.32 Å². The van der Waals surface area contributed by atoms with Gasteiger partial charge in [0.1, 0.15) is 17.8 Å². The Bertz CT molecular complexity index is 1520. The van der Waals surface area contributed by atoms with Crippen molar-refractivity contribution in [3.63, 3.8) is 0 Å². The molecule has 0 amide bonds. The predicted octanol–water partition coefficient (Wildman–Crippen LogP) is 4.81. The fourth-order valence-corrected chi connectivity index (χ4v) is 6.07. The molecule has 1 aliphatic rings. The molecule has 0 bridgehead atoms. The molecule has 1 fully saturated rings. The van der Waals surface area contributed by atoms with E-state index in [1.54, 1.807) is 35.2 Å². The summed E-state index contributed by atoms with van der Waals surface area (Å²) in [4.78, 5) is 13.7. The quantitative estimate of drug-likeness (QED) is 0.293. The SMILES string of the molecule is O=S(=O)(Cc1ccccc1)n1ccc2c(NC3CCN(CC(F)(F)c4ccc(C(F)F)cn4)CC3)ncnc21. The van der Waals surface area contributed by atoms with E-state index in [2.05, 4.69) is 20.3 Å². The number of fused-ring (bicyclic) bond motifs is 1. The van der Waals surface area contributed by atoms with Gasteiger partial charge in [-0.2, -0.15) is 8.78 Å². The van der Waals surface area contributed by atoms with E-state index < -0.39 is 40.2 Å². The summed E-state index contributed by atoms with van der Waals surface area (Å²) < 4.78 is 82.2. The molecule has 4 heterocycles. The van der Waals surface area contributed by atoms with Gasteiger partial charge in [0.05, 0.1) is 17.7 Å². The first kappa shape index (κ1) is 27.0. The monoisotopic (exact) mass is 562 g/mol. The Morgan fingerprint density at radius 3 is 2.41 bits per heavy atom. The maximum atomic E-state index is 14.8. The molecule has 1 N–H and O–H groups in total. The number of nitrogens with one attached hydrogen (secondary N) is 1. The summed E-state index contributed by atoms with van der Waals surface area (Å²) in [6.45, 7) is 0.187. The summed E-state index contributed by atoms with van der Waals surface area (Å²) >= 11 is 0. The first-order valence-corrected chi connectivity index (χ1v) is 13.9. The summed E-state index contributed by atoms with van der Waals surface area (Å²) in [7, 11) is -3.72. The Hall–Kier alpha value is -3.58. The van der Waals surface area contributed by atoms with Crippen LogP contribution in [0.5, 0.6) is 0 Å². The number of rotatable bonds is 9. The summed E-state index contributed by atoms with van der Waals surface area (Å²) in [6, 6.07) is 12.3. The van der Waals surface area contributed by atoms with E-state index in [9.17, 15) is 26.0 Å². The second-order valence-electron chi connectivity index (χ2n) is 9.49. The fourth-order valence-electron chi connectivity index (χ4n) is 4.66. The topological polar surface area (TPSA) is 93.0 Å². The number of nitrogens with zero attached hydrogens (tertiary/aromatic N) is 5. The fraction of sp³-hybridized carbons (Fsp3) is 0.346. The minimum atomic E-state index is -3.72. The van der Waals surface area contributed by atoms with Crippen LogP contribution in [-0.4, -0.2) is 57.9 Å². The lowest BCUT2D eigenvalue weighted by Gasteiger charge is -2.34. The van der Waals surface area contributed by atoms with Crippen LogP contribution in [0.1, 0.15) is 36.1 Å². The van der Waals surface area contributed by atoms with Crippen LogP contribution >= 0.6 is 0 Å². The Balaban J connectivity index is 1.22. The second-order valence-corrected chi connectivity index (χ2v) is 11.3. The Morgan fingerprint density at radius 1 is 1.00 bits per heavy atom. The number of halogens is 4. The summed E-state index contributed by atoms with van der Waals surface area (Å²) in [6.07, 6.45) is 1.86. The van der Waals surface area contributed by atoms with Gasteiger partial charge in [0.15, 0.2) is 5.65 Å². The predicted molar refractivity (Wildman–Crippen MR) is 138 cm³/mol. The van der Waals surface area contributed by atoms with Crippen molar-refractivity contribution < 1.29 is 26.0 Å². The van der Waals surface area contributed by atoms with E-state index in [0.717, 1.165) is 22.3 Å². The van der Waals surface area contributed by atoms with E-state index in [4.69, 9.17) is 0 Å². The van der Waals surface area contributed by atoms with Crippen molar-refractivity contribution >= 4 is 26.9 Å². The second kappa shape index (κ2) is 10.9. The van der Waals surface area contributed by atoms with Crippen LogP contribution in [0.2, 0.25) is 0 Å². The van der Waals surface area contributed by atoms with E-state index >= 15 is 0 Å². The van der Waals surface area contributed by atoms with E-state index in [1.165, 1.54) is 12.5 Å². The third-order valence-electron chi connectivity index (χ3n) is 6.70. The van der Waals surface area contributed by atoms with Gasteiger partial charge in [0.25, 0.3) is 6.43 Å². The van der Waals surface area contributed by atoms with Gasteiger partial charge in [-0.05, 0) is 36.6 Å². The lowest BCUT2D eigenvalue weighted by Crippen LogP contribution is -2.44. The molecule has 0 atom stereocenters. The third-order valence-corrected chi connectivity index (χ3v) is 8.30. The molecule has 0 saturated carbocycles. The highest BCUT2D eigenvalue weighted by molar-refractivity contribution is 7.89. The van der Waals surface area contributed by atoms with E-state index in [-0.39, 0.29) is 17.4 Å². The van der Waals surface area contributed by atoms with Crippen molar-refractivity contribution in [1.82, 2.24) is 23.8 Å². The van der Waals surface area contributed by atoms with Crippen LogP contribution in [0.4, 0.5) is 23.4 Å². The van der Waals surface area contributed by atoms with Crippen LogP contribution in [0, 0.1) is 0 Å². The lowest BCUT2D eigenvalue weighted by molar-refractivity contribution is -0.0458. The van der Waals surface area contributed by atoms with E-state index in [0.29, 0.717) is 42.7 Å². The van der Waals surface area contributed by atoms with Crippen LogP contribution in [0.15, 0.2) is 67.3 Å². The van der Waals surface area contributed by atoms with Gasteiger partial charge in [0.2, 0.25) is 10.0 Å². The Kier molecular flexibility index (Phi) is 7.54. The molecular formula is C26H26F4N6O2S. The van der Waals surface area contributed by atoms with Crippen molar-refractivity contribution in [2.45, 2.75) is 37.0 Å². The first-order chi connectivity index (χ1) is 18.6. The number of aromatic nitrogens is 4. The molecule has 0 unspecified atom stereocenters. The minimum absolute atomic E-state index is 0.0688. The Labute approximate surface area is 222 Å². The molecule has 1 saturated heterocycles. The molecule has 3 aromatic heterocycles. The summed E-state index contributed by atoms with van der Waals surface area (Å²) in [5.74, 6) is -2.99. The van der Waals surface area contributed by atoms with Gasteiger partial charge in [-0.1, -0.05) is 30.3 Å². The molecule has 0 aliphatic carbocycles. The van der Waals surface area contributed by atoms with Crippen LogP contribution < -0.4 is 5.32 Å². The van der Waals surface area contributed by atoms with Crippen molar-refractivity contribution in [2.24, 2.45) is 0 Å².